The Kier molecular flexibility index (Phi) is 6.70. The van der Waals surface area contributed by atoms with Crippen molar-refractivity contribution in [2.45, 2.75) is 32.4 Å². The highest BCUT2D eigenvalue weighted by atomic mass is 35.5. The average molecular weight is 445 g/mol. The Balaban J connectivity index is 1.95. The fourth-order valence-electron chi connectivity index (χ4n) is 3.40. The number of benzene rings is 1. The number of nitrogens with two attached hydrogens (primary N) is 1. The molecule has 0 bridgehead atoms. The molecule has 162 valence electrons. The second kappa shape index (κ2) is 9.26. The smallest absolute Gasteiger partial charge is 0.255 e. The van der Waals surface area contributed by atoms with Crippen molar-refractivity contribution in [1.29, 1.82) is 0 Å². The first-order chi connectivity index (χ1) is 14.7. The van der Waals surface area contributed by atoms with Gasteiger partial charge < -0.3 is 10.6 Å². The number of carbonyl (C=O) groups is 3. The minimum Gasteiger partial charge on any atom is -0.370 e. The lowest BCUT2D eigenvalue weighted by atomic mass is 9.97. The van der Waals surface area contributed by atoms with Crippen LogP contribution in [0.4, 0.5) is 10.2 Å². The first-order valence-electron chi connectivity index (χ1n) is 9.60. The van der Waals surface area contributed by atoms with E-state index in [1.54, 1.807) is 0 Å². The fourth-order valence-corrected chi connectivity index (χ4v) is 3.54. The normalized spacial score (nSPS) is 16.5. The lowest BCUT2D eigenvalue weighted by molar-refractivity contribution is -0.142. The summed E-state index contributed by atoms with van der Waals surface area (Å²) in [5.41, 5.74) is 7.45. The zero-order chi connectivity index (χ0) is 22.7. The fraction of sp³-hybridized carbons (Fsp3) is 0.273. The summed E-state index contributed by atoms with van der Waals surface area (Å²) >= 11 is 5.76. The minimum atomic E-state index is -1.08. The number of halogens is 2. The number of primary amides is 1. The molecule has 0 aliphatic carbocycles. The molecule has 1 fully saturated rings. The molecule has 1 aromatic heterocycles. The van der Waals surface area contributed by atoms with E-state index in [1.165, 1.54) is 11.1 Å². The van der Waals surface area contributed by atoms with Crippen LogP contribution < -0.4 is 10.6 Å². The molecule has 2 heterocycles. The standard InChI is InChI=1S/C22H22ClFN4O3/c1-13-3-6-15(7-4-13)11-27-19(30)12-28(21-17(24)9-16(23)10-26-21)22(31)20(27)14(2)5-8-18(25)29/h3-4,6-7,9-10,20H,2,5,8,11-12H2,1H3,(H2,25,29)/t20-/m1/s1. The van der Waals surface area contributed by atoms with E-state index in [4.69, 9.17) is 17.3 Å². The van der Waals surface area contributed by atoms with Crippen LogP contribution in [0.3, 0.4) is 0 Å². The van der Waals surface area contributed by atoms with Crippen LogP contribution in [0.2, 0.25) is 5.02 Å². The molecular weight excluding hydrogens is 423 g/mol. The first kappa shape index (κ1) is 22.4. The number of aryl methyl sites for hydroxylation is 1. The van der Waals surface area contributed by atoms with Crippen molar-refractivity contribution in [3.63, 3.8) is 0 Å². The highest BCUT2D eigenvalue weighted by Crippen LogP contribution is 2.28. The minimum absolute atomic E-state index is 0.0251. The summed E-state index contributed by atoms with van der Waals surface area (Å²) in [6, 6.07) is 7.48. The van der Waals surface area contributed by atoms with Gasteiger partial charge in [0.25, 0.3) is 5.91 Å². The maximum Gasteiger partial charge on any atom is 0.255 e. The Bertz CT molecular complexity index is 1040. The van der Waals surface area contributed by atoms with Gasteiger partial charge in [-0.05, 0) is 30.5 Å². The van der Waals surface area contributed by atoms with Gasteiger partial charge in [0, 0.05) is 19.2 Å². The maximum absolute atomic E-state index is 14.4. The largest absolute Gasteiger partial charge is 0.370 e. The molecule has 0 unspecified atom stereocenters. The third-order valence-corrected chi connectivity index (χ3v) is 5.23. The molecule has 0 saturated carbocycles. The van der Waals surface area contributed by atoms with E-state index in [-0.39, 0.29) is 36.8 Å². The van der Waals surface area contributed by atoms with Crippen LogP contribution in [0.5, 0.6) is 0 Å². The van der Waals surface area contributed by atoms with Crippen LogP contribution in [0.1, 0.15) is 24.0 Å². The molecular formula is C22H22ClFN4O3. The Hall–Kier alpha value is -3.26. The number of aromatic nitrogens is 1. The predicted octanol–water partition coefficient (Wildman–Crippen LogP) is 2.75. The number of nitrogens with zero attached hydrogens (tertiary/aromatic N) is 3. The quantitative estimate of drug-likeness (QED) is 0.664. The summed E-state index contributed by atoms with van der Waals surface area (Å²) in [6.07, 6.45) is 1.30. The number of amides is 3. The second-order valence-corrected chi connectivity index (χ2v) is 7.85. The summed E-state index contributed by atoms with van der Waals surface area (Å²) in [5, 5.41) is 0.0699. The highest BCUT2D eigenvalue weighted by Gasteiger charge is 2.42. The van der Waals surface area contributed by atoms with Crippen molar-refractivity contribution >= 4 is 35.1 Å². The van der Waals surface area contributed by atoms with Crippen molar-refractivity contribution in [2.75, 3.05) is 11.4 Å². The topological polar surface area (TPSA) is 96.6 Å². The lowest BCUT2D eigenvalue weighted by Crippen LogP contribution is -2.60. The zero-order valence-corrected chi connectivity index (χ0v) is 17.7. The molecule has 1 aliphatic rings. The molecule has 3 rings (SSSR count). The molecule has 1 aromatic carbocycles. The molecule has 1 atom stereocenters. The van der Waals surface area contributed by atoms with Crippen LogP contribution in [-0.2, 0) is 20.9 Å². The van der Waals surface area contributed by atoms with Crippen molar-refractivity contribution in [3.8, 4) is 0 Å². The third kappa shape index (κ3) is 5.08. The monoisotopic (exact) mass is 444 g/mol. The summed E-state index contributed by atoms with van der Waals surface area (Å²) < 4.78 is 14.4. The Morgan fingerprint density at radius 2 is 1.97 bits per heavy atom. The average Bonchev–Trinajstić information content (AvgIpc) is 2.71. The van der Waals surface area contributed by atoms with Crippen LogP contribution >= 0.6 is 11.6 Å². The van der Waals surface area contributed by atoms with E-state index in [2.05, 4.69) is 11.6 Å². The molecule has 2 aromatic rings. The molecule has 7 nitrogen and oxygen atoms in total. The molecule has 3 amide bonds. The van der Waals surface area contributed by atoms with Crippen LogP contribution in [0, 0.1) is 12.7 Å². The molecule has 31 heavy (non-hydrogen) atoms. The van der Waals surface area contributed by atoms with Gasteiger partial charge in [0.05, 0.1) is 5.02 Å². The molecule has 0 radical (unpaired) electrons. The Morgan fingerprint density at radius 3 is 2.58 bits per heavy atom. The summed E-state index contributed by atoms with van der Waals surface area (Å²) in [5.74, 6) is -2.62. The lowest BCUT2D eigenvalue weighted by Gasteiger charge is -2.40. The van der Waals surface area contributed by atoms with Gasteiger partial charge in [-0.2, -0.15) is 0 Å². The number of hydrogen-bond acceptors (Lipinski definition) is 4. The van der Waals surface area contributed by atoms with Crippen molar-refractivity contribution < 1.29 is 18.8 Å². The van der Waals surface area contributed by atoms with Gasteiger partial charge in [0.15, 0.2) is 11.6 Å². The van der Waals surface area contributed by atoms with E-state index >= 15 is 0 Å². The number of carbonyl (C=O) groups excluding carboxylic acids is 3. The van der Waals surface area contributed by atoms with Gasteiger partial charge >= 0.3 is 0 Å². The van der Waals surface area contributed by atoms with E-state index in [0.717, 1.165) is 22.1 Å². The van der Waals surface area contributed by atoms with Gasteiger partial charge in [0.1, 0.15) is 12.6 Å². The van der Waals surface area contributed by atoms with Crippen LogP contribution in [0.25, 0.3) is 0 Å². The summed E-state index contributed by atoms with van der Waals surface area (Å²) in [7, 11) is 0. The summed E-state index contributed by atoms with van der Waals surface area (Å²) in [4.78, 5) is 43.9. The van der Waals surface area contributed by atoms with Crippen LogP contribution in [0.15, 0.2) is 48.7 Å². The Morgan fingerprint density at radius 1 is 1.29 bits per heavy atom. The molecule has 9 heteroatoms. The van der Waals surface area contributed by atoms with E-state index in [1.807, 2.05) is 31.2 Å². The van der Waals surface area contributed by atoms with Gasteiger partial charge in [0.2, 0.25) is 11.8 Å². The van der Waals surface area contributed by atoms with E-state index in [9.17, 15) is 18.8 Å². The molecule has 1 aliphatic heterocycles. The van der Waals surface area contributed by atoms with E-state index in [0.29, 0.717) is 5.57 Å². The zero-order valence-electron chi connectivity index (χ0n) is 17.0. The van der Waals surface area contributed by atoms with Crippen molar-refractivity contribution in [3.05, 3.63) is 70.6 Å². The summed E-state index contributed by atoms with van der Waals surface area (Å²) in [6.45, 7) is 5.65. The van der Waals surface area contributed by atoms with Gasteiger partial charge in [-0.15, -0.1) is 0 Å². The second-order valence-electron chi connectivity index (χ2n) is 7.42. The highest BCUT2D eigenvalue weighted by molar-refractivity contribution is 6.30. The maximum atomic E-state index is 14.4. The van der Waals surface area contributed by atoms with Gasteiger partial charge in [-0.3, -0.25) is 19.3 Å². The number of pyridine rings is 1. The molecule has 1 saturated heterocycles. The van der Waals surface area contributed by atoms with Gasteiger partial charge in [-0.25, -0.2) is 9.37 Å². The number of hydrogen-bond donors (Lipinski definition) is 1. The first-order valence-corrected chi connectivity index (χ1v) is 9.98. The predicted molar refractivity (Wildman–Crippen MR) is 115 cm³/mol. The SMILES string of the molecule is C=C(CCC(N)=O)[C@@H]1C(=O)N(c2ncc(Cl)cc2F)CC(=O)N1Cc1ccc(C)cc1. The Labute approximate surface area is 184 Å². The van der Waals surface area contributed by atoms with Crippen molar-refractivity contribution in [2.24, 2.45) is 5.73 Å². The number of anilines is 1. The third-order valence-electron chi connectivity index (χ3n) is 5.02. The molecule has 0 spiro atoms. The molecule has 2 N–H and O–H groups in total. The van der Waals surface area contributed by atoms with Crippen LogP contribution in [-0.4, -0.2) is 40.2 Å². The number of rotatable bonds is 7. The van der Waals surface area contributed by atoms with Crippen molar-refractivity contribution in [1.82, 2.24) is 9.88 Å². The van der Waals surface area contributed by atoms with Gasteiger partial charge in [-0.1, -0.05) is 48.0 Å². The van der Waals surface area contributed by atoms with E-state index < -0.39 is 29.6 Å². The number of piperazine rings is 1.